The first-order valence-electron chi connectivity index (χ1n) is 7.23. The van der Waals surface area contributed by atoms with E-state index in [1.165, 1.54) is 0 Å². The highest BCUT2D eigenvalue weighted by Crippen LogP contribution is 2.18. The number of aromatic nitrogens is 4. The van der Waals surface area contributed by atoms with Crippen molar-refractivity contribution in [2.45, 2.75) is 38.8 Å². The van der Waals surface area contributed by atoms with Crippen molar-refractivity contribution in [1.82, 2.24) is 25.9 Å². The molecule has 0 aliphatic rings. The van der Waals surface area contributed by atoms with Crippen molar-refractivity contribution < 1.29 is 14.3 Å². The predicted molar refractivity (Wildman–Crippen MR) is 83.0 cm³/mol. The normalized spacial score (nSPS) is 12.5. The molecule has 2 rings (SSSR count). The average Bonchev–Trinajstić information content (AvgIpc) is 2.99. The van der Waals surface area contributed by atoms with Gasteiger partial charge in [-0.15, -0.1) is 10.2 Å². The minimum absolute atomic E-state index is 0.395. The van der Waals surface area contributed by atoms with Crippen LogP contribution >= 0.6 is 0 Å². The van der Waals surface area contributed by atoms with Crippen LogP contribution in [0.3, 0.4) is 0 Å². The van der Waals surface area contributed by atoms with Gasteiger partial charge in [-0.25, -0.2) is 4.79 Å². The number of rotatable bonds is 5. The van der Waals surface area contributed by atoms with Crippen molar-refractivity contribution in [3.8, 4) is 5.75 Å². The van der Waals surface area contributed by atoms with Gasteiger partial charge in [-0.05, 0) is 38.5 Å². The van der Waals surface area contributed by atoms with Gasteiger partial charge in [0.15, 0.2) is 5.82 Å². The SMILES string of the molecule is COc1ccc(CC(NC(=O)OC(C)(C)C)c2nn[nH]n2)cc1. The monoisotopic (exact) mass is 319 g/mol. The van der Waals surface area contributed by atoms with E-state index in [2.05, 4.69) is 25.9 Å². The number of ether oxygens (including phenoxy) is 2. The summed E-state index contributed by atoms with van der Waals surface area (Å²) in [6.07, 6.45) is -0.0243. The van der Waals surface area contributed by atoms with Crippen LogP contribution < -0.4 is 10.1 Å². The van der Waals surface area contributed by atoms with E-state index in [4.69, 9.17) is 9.47 Å². The number of methoxy groups -OCH3 is 1. The number of amides is 1. The number of alkyl carbamates (subject to hydrolysis) is 1. The van der Waals surface area contributed by atoms with Crippen LogP contribution in [0.2, 0.25) is 0 Å². The van der Waals surface area contributed by atoms with E-state index in [0.29, 0.717) is 12.2 Å². The Morgan fingerprint density at radius 1 is 1.30 bits per heavy atom. The molecular formula is C15H21N5O3. The third-order valence-corrected chi connectivity index (χ3v) is 2.96. The fourth-order valence-corrected chi connectivity index (χ4v) is 1.97. The highest BCUT2D eigenvalue weighted by Gasteiger charge is 2.23. The standard InChI is InChI=1S/C15H21N5O3/c1-15(2,3)23-14(21)16-12(13-17-19-20-18-13)9-10-5-7-11(22-4)8-6-10/h5-8,12H,9H2,1-4H3,(H,16,21)(H,17,18,19,20). The van der Waals surface area contributed by atoms with Crippen LogP contribution in [-0.2, 0) is 11.2 Å². The lowest BCUT2D eigenvalue weighted by Gasteiger charge is -2.22. The van der Waals surface area contributed by atoms with Gasteiger partial charge in [0.1, 0.15) is 17.4 Å². The first-order chi connectivity index (χ1) is 10.9. The molecule has 8 nitrogen and oxygen atoms in total. The van der Waals surface area contributed by atoms with Crippen LogP contribution in [0, 0.1) is 0 Å². The predicted octanol–water partition coefficient (Wildman–Crippen LogP) is 2.02. The molecule has 2 aromatic rings. The molecule has 1 unspecified atom stereocenters. The molecule has 8 heteroatoms. The summed E-state index contributed by atoms with van der Waals surface area (Å²) in [6.45, 7) is 5.41. The molecule has 0 aliphatic carbocycles. The second-order valence-corrected chi connectivity index (χ2v) is 6.02. The summed E-state index contributed by atoms with van der Waals surface area (Å²) in [5.41, 5.74) is 0.420. The Kier molecular flexibility index (Phi) is 5.15. The number of aromatic amines is 1. The largest absolute Gasteiger partial charge is 0.497 e. The van der Waals surface area contributed by atoms with Crippen LogP contribution in [0.25, 0.3) is 0 Å². The fourth-order valence-electron chi connectivity index (χ4n) is 1.97. The molecule has 1 heterocycles. The molecule has 124 valence electrons. The lowest BCUT2D eigenvalue weighted by Crippen LogP contribution is -2.36. The van der Waals surface area contributed by atoms with Gasteiger partial charge in [0, 0.05) is 6.42 Å². The van der Waals surface area contributed by atoms with Gasteiger partial charge in [0.05, 0.1) is 7.11 Å². The highest BCUT2D eigenvalue weighted by molar-refractivity contribution is 5.68. The van der Waals surface area contributed by atoms with E-state index in [0.717, 1.165) is 11.3 Å². The van der Waals surface area contributed by atoms with Crippen molar-refractivity contribution in [3.63, 3.8) is 0 Å². The van der Waals surface area contributed by atoms with Gasteiger partial charge in [0.25, 0.3) is 0 Å². The van der Waals surface area contributed by atoms with Crippen LogP contribution in [0.15, 0.2) is 24.3 Å². The van der Waals surface area contributed by atoms with Crippen LogP contribution in [-0.4, -0.2) is 39.4 Å². The zero-order chi connectivity index (χ0) is 16.9. The molecule has 1 aromatic heterocycles. The Labute approximate surface area is 134 Å². The van der Waals surface area contributed by atoms with Gasteiger partial charge in [-0.1, -0.05) is 17.3 Å². The molecule has 1 atom stereocenters. The summed E-state index contributed by atoms with van der Waals surface area (Å²) in [5.74, 6) is 1.16. The van der Waals surface area contributed by atoms with Crippen molar-refractivity contribution >= 4 is 6.09 Å². The average molecular weight is 319 g/mol. The lowest BCUT2D eigenvalue weighted by atomic mass is 10.1. The zero-order valence-corrected chi connectivity index (χ0v) is 13.7. The Balaban J connectivity index is 2.10. The second-order valence-electron chi connectivity index (χ2n) is 6.02. The Morgan fingerprint density at radius 2 is 2.00 bits per heavy atom. The Bertz CT molecular complexity index is 620. The smallest absolute Gasteiger partial charge is 0.408 e. The topological polar surface area (TPSA) is 102 Å². The number of nitrogens with one attached hydrogen (secondary N) is 2. The molecule has 0 saturated heterocycles. The van der Waals surface area contributed by atoms with Gasteiger partial charge in [0.2, 0.25) is 0 Å². The van der Waals surface area contributed by atoms with Crippen molar-refractivity contribution in [2.75, 3.05) is 7.11 Å². The Morgan fingerprint density at radius 3 is 2.52 bits per heavy atom. The summed E-state index contributed by atoms with van der Waals surface area (Å²) >= 11 is 0. The number of H-pyrrole nitrogens is 1. The highest BCUT2D eigenvalue weighted by atomic mass is 16.6. The first kappa shape index (κ1) is 16.7. The van der Waals surface area contributed by atoms with Crippen LogP contribution in [0.4, 0.5) is 4.79 Å². The molecule has 2 N–H and O–H groups in total. The lowest BCUT2D eigenvalue weighted by molar-refractivity contribution is 0.0501. The molecule has 0 fully saturated rings. The van der Waals surface area contributed by atoms with E-state index < -0.39 is 17.7 Å². The number of carbonyl (C=O) groups excluding carboxylic acids is 1. The van der Waals surface area contributed by atoms with E-state index >= 15 is 0 Å². The molecule has 0 saturated carbocycles. The first-order valence-corrected chi connectivity index (χ1v) is 7.23. The fraction of sp³-hybridized carbons (Fsp3) is 0.467. The number of nitrogens with zero attached hydrogens (tertiary/aromatic N) is 3. The second kappa shape index (κ2) is 7.08. The van der Waals surface area contributed by atoms with Gasteiger partial charge in [-0.2, -0.15) is 5.21 Å². The summed E-state index contributed by atoms with van der Waals surface area (Å²) in [4.78, 5) is 12.0. The number of carbonyl (C=O) groups is 1. The zero-order valence-electron chi connectivity index (χ0n) is 13.7. The molecule has 0 aliphatic heterocycles. The van der Waals surface area contributed by atoms with Crippen LogP contribution in [0.5, 0.6) is 5.75 Å². The van der Waals surface area contributed by atoms with Gasteiger partial charge < -0.3 is 14.8 Å². The Hall–Kier alpha value is -2.64. The number of benzene rings is 1. The molecule has 23 heavy (non-hydrogen) atoms. The maximum Gasteiger partial charge on any atom is 0.408 e. The molecule has 0 bridgehead atoms. The molecular weight excluding hydrogens is 298 g/mol. The maximum absolute atomic E-state index is 12.0. The minimum Gasteiger partial charge on any atom is -0.497 e. The molecule has 1 amide bonds. The van der Waals surface area contributed by atoms with E-state index in [9.17, 15) is 4.79 Å². The molecule has 0 spiro atoms. The summed E-state index contributed by atoms with van der Waals surface area (Å²) < 4.78 is 10.4. The summed E-state index contributed by atoms with van der Waals surface area (Å²) in [5, 5.41) is 16.6. The van der Waals surface area contributed by atoms with Crippen LogP contribution in [0.1, 0.15) is 38.2 Å². The molecule has 0 radical (unpaired) electrons. The number of hydrogen-bond acceptors (Lipinski definition) is 6. The van der Waals surface area contributed by atoms with E-state index in [1.54, 1.807) is 27.9 Å². The van der Waals surface area contributed by atoms with Crippen molar-refractivity contribution in [3.05, 3.63) is 35.7 Å². The number of hydrogen-bond donors (Lipinski definition) is 2. The quantitative estimate of drug-likeness (QED) is 0.874. The van der Waals surface area contributed by atoms with E-state index in [-0.39, 0.29) is 0 Å². The summed E-state index contributed by atoms with van der Waals surface area (Å²) in [6, 6.07) is 7.11. The third-order valence-electron chi connectivity index (χ3n) is 2.96. The van der Waals surface area contributed by atoms with Crippen molar-refractivity contribution in [1.29, 1.82) is 0 Å². The third kappa shape index (κ3) is 5.24. The molecule has 1 aromatic carbocycles. The summed E-state index contributed by atoms with van der Waals surface area (Å²) in [7, 11) is 1.61. The van der Waals surface area contributed by atoms with E-state index in [1.807, 2.05) is 24.3 Å². The van der Waals surface area contributed by atoms with Gasteiger partial charge in [-0.3, -0.25) is 0 Å². The van der Waals surface area contributed by atoms with Crippen molar-refractivity contribution in [2.24, 2.45) is 0 Å². The minimum atomic E-state index is -0.577. The van der Waals surface area contributed by atoms with Gasteiger partial charge >= 0.3 is 6.09 Å². The number of tetrazole rings is 1. The maximum atomic E-state index is 12.0.